The molecule has 0 aliphatic carbocycles. The Kier molecular flexibility index (Phi) is 8.43. The summed E-state index contributed by atoms with van der Waals surface area (Å²) in [5.74, 6) is 0.222. The summed E-state index contributed by atoms with van der Waals surface area (Å²) >= 11 is 11.8. The standard InChI is InChI=1S/C22H19Br2N3O4S/c1-13-9-15(23)10-17(24)21(13)31-11-19(28)25-22(32)27-26-20(29)12-30-18-8-4-6-14-5-2-3-7-16(14)18/h2-10H,11-12H2,1H3,(H,26,29)(H2,25,27,28,32). The Balaban J connectivity index is 1.41. The number of carbonyl (C=O) groups is 2. The molecule has 0 atom stereocenters. The third kappa shape index (κ3) is 6.65. The molecule has 3 rings (SSSR count). The highest BCUT2D eigenvalue weighted by Crippen LogP contribution is 2.32. The summed E-state index contributed by atoms with van der Waals surface area (Å²) < 4.78 is 12.8. The zero-order chi connectivity index (χ0) is 23.1. The van der Waals surface area contributed by atoms with Gasteiger partial charge in [-0.05, 0) is 64.2 Å². The molecule has 3 aromatic rings. The third-order valence-electron chi connectivity index (χ3n) is 4.22. The van der Waals surface area contributed by atoms with E-state index in [1.807, 2.05) is 55.5 Å². The van der Waals surface area contributed by atoms with Gasteiger partial charge in [0.1, 0.15) is 11.5 Å². The van der Waals surface area contributed by atoms with E-state index in [1.165, 1.54) is 0 Å². The summed E-state index contributed by atoms with van der Waals surface area (Å²) in [6.45, 7) is 1.39. The van der Waals surface area contributed by atoms with Crippen LogP contribution in [0.5, 0.6) is 11.5 Å². The first-order chi connectivity index (χ1) is 15.3. The summed E-state index contributed by atoms with van der Waals surface area (Å²) in [6, 6.07) is 17.0. The van der Waals surface area contributed by atoms with Crippen LogP contribution in [0.15, 0.2) is 63.5 Å². The van der Waals surface area contributed by atoms with Crippen LogP contribution in [-0.4, -0.2) is 30.1 Å². The van der Waals surface area contributed by atoms with Gasteiger partial charge in [0.15, 0.2) is 18.3 Å². The maximum atomic E-state index is 12.1. The molecule has 0 bridgehead atoms. The van der Waals surface area contributed by atoms with Crippen LogP contribution in [0.2, 0.25) is 0 Å². The Morgan fingerprint density at radius 3 is 2.44 bits per heavy atom. The van der Waals surface area contributed by atoms with Crippen molar-refractivity contribution < 1.29 is 19.1 Å². The lowest BCUT2D eigenvalue weighted by Crippen LogP contribution is -2.50. The van der Waals surface area contributed by atoms with E-state index >= 15 is 0 Å². The number of aryl methyl sites for hydroxylation is 1. The smallest absolute Gasteiger partial charge is 0.276 e. The van der Waals surface area contributed by atoms with E-state index in [1.54, 1.807) is 6.07 Å². The topological polar surface area (TPSA) is 88.7 Å². The Bertz CT molecular complexity index is 1140. The van der Waals surface area contributed by atoms with Gasteiger partial charge in [0, 0.05) is 9.86 Å². The molecule has 0 spiro atoms. The molecule has 0 aromatic heterocycles. The van der Waals surface area contributed by atoms with Crippen LogP contribution in [0.25, 0.3) is 10.8 Å². The summed E-state index contributed by atoms with van der Waals surface area (Å²) in [7, 11) is 0. The van der Waals surface area contributed by atoms with Crippen molar-refractivity contribution >= 4 is 71.8 Å². The van der Waals surface area contributed by atoms with Crippen molar-refractivity contribution in [3.8, 4) is 11.5 Å². The Hall–Kier alpha value is -2.69. The second-order valence-corrected chi connectivity index (χ2v) is 8.82. The molecule has 0 saturated carbocycles. The van der Waals surface area contributed by atoms with Gasteiger partial charge in [-0.15, -0.1) is 0 Å². The van der Waals surface area contributed by atoms with E-state index in [0.29, 0.717) is 11.5 Å². The third-order valence-corrected chi connectivity index (χ3v) is 5.47. The van der Waals surface area contributed by atoms with Crippen molar-refractivity contribution in [1.29, 1.82) is 0 Å². The van der Waals surface area contributed by atoms with Crippen molar-refractivity contribution in [3.63, 3.8) is 0 Å². The minimum absolute atomic E-state index is 0.0660. The monoisotopic (exact) mass is 579 g/mol. The number of halogens is 2. The minimum Gasteiger partial charge on any atom is -0.483 e. The van der Waals surface area contributed by atoms with E-state index in [2.05, 4.69) is 48.0 Å². The van der Waals surface area contributed by atoms with Crippen LogP contribution in [0.3, 0.4) is 0 Å². The second kappa shape index (κ2) is 11.3. The molecular formula is C22H19Br2N3O4S. The summed E-state index contributed by atoms with van der Waals surface area (Å²) in [6.07, 6.45) is 0. The number of carbonyl (C=O) groups excluding carboxylic acids is 2. The molecule has 2 amide bonds. The van der Waals surface area contributed by atoms with Gasteiger partial charge in [-0.1, -0.05) is 52.3 Å². The van der Waals surface area contributed by atoms with Crippen LogP contribution < -0.4 is 25.6 Å². The molecule has 0 saturated heterocycles. The van der Waals surface area contributed by atoms with Crippen molar-refractivity contribution in [2.24, 2.45) is 0 Å². The zero-order valence-electron chi connectivity index (χ0n) is 16.9. The molecule has 0 aliphatic heterocycles. The molecule has 32 heavy (non-hydrogen) atoms. The fourth-order valence-corrected chi connectivity index (χ4v) is 4.55. The fraction of sp³-hybridized carbons (Fsp3) is 0.136. The highest BCUT2D eigenvalue weighted by Gasteiger charge is 2.12. The number of amides is 2. The number of nitrogens with one attached hydrogen (secondary N) is 3. The van der Waals surface area contributed by atoms with Crippen LogP contribution in [0.4, 0.5) is 0 Å². The first kappa shape index (κ1) is 24.0. The van der Waals surface area contributed by atoms with Gasteiger partial charge in [-0.25, -0.2) is 0 Å². The molecule has 3 N–H and O–H groups in total. The first-order valence-electron chi connectivity index (χ1n) is 9.41. The molecule has 166 valence electrons. The quantitative estimate of drug-likeness (QED) is 0.300. The predicted molar refractivity (Wildman–Crippen MR) is 134 cm³/mol. The van der Waals surface area contributed by atoms with Gasteiger partial charge >= 0.3 is 0 Å². The molecule has 0 aliphatic rings. The highest BCUT2D eigenvalue weighted by atomic mass is 79.9. The van der Waals surface area contributed by atoms with Crippen molar-refractivity contribution in [3.05, 3.63) is 69.1 Å². The molecule has 0 fully saturated rings. The van der Waals surface area contributed by atoms with Gasteiger partial charge in [0.05, 0.1) is 4.47 Å². The molecule has 0 radical (unpaired) electrons. The number of ether oxygens (including phenoxy) is 2. The molecule has 10 heteroatoms. The van der Waals surface area contributed by atoms with Crippen LogP contribution in [-0.2, 0) is 9.59 Å². The number of fused-ring (bicyclic) bond motifs is 1. The highest BCUT2D eigenvalue weighted by molar-refractivity contribution is 9.11. The lowest BCUT2D eigenvalue weighted by Gasteiger charge is -2.14. The number of thiocarbonyl (C=S) groups is 1. The van der Waals surface area contributed by atoms with Crippen molar-refractivity contribution in [2.45, 2.75) is 6.92 Å². The lowest BCUT2D eigenvalue weighted by atomic mass is 10.1. The minimum atomic E-state index is -0.474. The van der Waals surface area contributed by atoms with Crippen LogP contribution in [0.1, 0.15) is 5.56 Å². The molecule has 7 nitrogen and oxygen atoms in total. The largest absolute Gasteiger partial charge is 0.483 e. The van der Waals surface area contributed by atoms with Crippen LogP contribution in [0, 0.1) is 6.92 Å². The summed E-state index contributed by atoms with van der Waals surface area (Å²) in [4.78, 5) is 24.1. The van der Waals surface area contributed by atoms with Crippen LogP contribution >= 0.6 is 44.1 Å². The van der Waals surface area contributed by atoms with Gasteiger partial charge in [-0.2, -0.15) is 0 Å². The fourth-order valence-electron chi connectivity index (χ4n) is 2.83. The van der Waals surface area contributed by atoms with E-state index in [-0.39, 0.29) is 18.3 Å². The Labute approximate surface area is 207 Å². The van der Waals surface area contributed by atoms with Crippen molar-refractivity contribution in [2.75, 3.05) is 13.2 Å². The number of hydrazine groups is 1. The zero-order valence-corrected chi connectivity index (χ0v) is 20.9. The average molecular weight is 581 g/mol. The Morgan fingerprint density at radius 1 is 0.938 bits per heavy atom. The second-order valence-electron chi connectivity index (χ2n) is 6.64. The predicted octanol–water partition coefficient (Wildman–Crippen LogP) is 4.15. The summed E-state index contributed by atoms with van der Waals surface area (Å²) in [5, 5.41) is 4.29. The number of hydrogen-bond donors (Lipinski definition) is 3. The van der Waals surface area contributed by atoms with E-state index in [4.69, 9.17) is 21.7 Å². The Morgan fingerprint density at radius 2 is 1.66 bits per heavy atom. The molecule has 0 unspecified atom stereocenters. The lowest BCUT2D eigenvalue weighted by molar-refractivity contribution is -0.124. The van der Waals surface area contributed by atoms with E-state index < -0.39 is 11.8 Å². The molecule has 3 aromatic carbocycles. The van der Waals surface area contributed by atoms with Gasteiger partial charge < -0.3 is 9.47 Å². The maximum Gasteiger partial charge on any atom is 0.276 e. The normalized spacial score (nSPS) is 10.3. The summed E-state index contributed by atoms with van der Waals surface area (Å²) in [5.41, 5.74) is 5.70. The van der Waals surface area contributed by atoms with E-state index in [0.717, 1.165) is 25.3 Å². The average Bonchev–Trinajstić information content (AvgIpc) is 2.75. The number of benzene rings is 3. The van der Waals surface area contributed by atoms with Crippen molar-refractivity contribution in [1.82, 2.24) is 16.2 Å². The molecule has 0 heterocycles. The van der Waals surface area contributed by atoms with Gasteiger partial charge in [0.2, 0.25) is 0 Å². The van der Waals surface area contributed by atoms with Gasteiger partial charge in [0.25, 0.3) is 11.8 Å². The number of rotatable bonds is 6. The SMILES string of the molecule is Cc1cc(Br)cc(Br)c1OCC(=O)NC(=S)NNC(=O)COc1cccc2ccccc12. The maximum absolute atomic E-state index is 12.1. The number of hydrogen-bond acceptors (Lipinski definition) is 5. The first-order valence-corrected chi connectivity index (χ1v) is 11.4. The van der Waals surface area contributed by atoms with E-state index in [9.17, 15) is 9.59 Å². The van der Waals surface area contributed by atoms with Gasteiger partial charge in [-0.3, -0.25) is 25.8 Å². The molecular weight excluding hydrogens is 562 g/mol.